The van der Waals surface area contributed by atoms with Crippen LogP contribution in [0, 0.1) is 40.9 Å². The van der Waals surface area contributed by atoms with Crippen LogP contribution < -0.4 is 21.5 Å². The van der Waals surface area contributed by atoms with Crippen LogP contribution in [0.15, 0.2) is 0 Å². The molecule has 0 radical (unpaired) electrons. The van der Waals surface area contributed by atoms with Crippen LogP contribution in [0.1, 0.15) is 171 Å². The van der Waals surface area contributed by atoms with Crippen molar-refractivity contribution in [2.45, 2.75) is 183 Å². The van der Waals surface area contributed by atoms with E-state index in [9.17, 15) is 24.3 Å². The van der Waals surface area contributed by atoms with Crippen LogP contribution >= 0.6 is 0 Å². The minimum absolute atomic E-state index is 0.0106. The Morgan fingerprint density at radius 2 is 1.40 bits per heavy atom. The number of nitrogens with one attached hydrogen (secondary N) is 2. The van der Waals surface area contributed by atoms with Crippen molar-refractivity contribution < 1.29 is 28.8 Å². The van der Waals surface area contributed by atoms with Gasteiger partial charge in [-0.05, 0) is 88.9 Å². The standard InChI is InChI=1S/C43H82N4O5/c1-12-14-15-16-17-18-19-20-21-22-23-47(10,11)29-31(3)24-35(40(50)46-43(8,9)30-42(5,6)7)25-34-26-36(45-32(4)48)28-37(34)38(41(51)52)27-33(13-2)39(44)49/h31,33-38H,12-30H2,1-11H3,(H4-,44,45,46,48,49,50,51,52). The highest BCUT2D eigenvalue weighted by Crippen LogP contribution is 2.44. The zero-order valence-electron chi connectivity index (χ0n) is 35.5. The highest BCUT2D eigenvalue weighted by atomic mass is 16.4. The van der Waals surface area contributed by atoms with E-state index in [4.69, 9.17) is 5.73 Å². The fraction of sp³-hybridized carbons (Fsp3) is 0.907. The average molecular weight is 735 g/mol. The predicted molar refractivity (Wildman–Crippen MR) is 212 cm³/mol. The number of amides is 3. The molecule has 0 saturated heterocycles. The SMILES string of the molecule is CCCCCCCCCCCC[N+](C)(C)CC(C)CC(CC1CC(NC(C)=O)CC1C(CC(CC)C(N)=O)C(=O)[O-])C(=O)NC(C)(C)CC(C)(C)C. The van der Waals surface area contributed by atoms with Crippen molar-refractivity contribution in [3.05, 3.63) is 0 Å². The minimum Gasteiger partial charge on any atom is -0.550 e. The summed E-state index contributed by atoms with van der Waals surface area (Å²) >= 11 is 0. The van der Waals surface area contributed by atoms with Gasteiger partial charge in [-0.15, -0.1) is 0 Å². The average Bonchev–Trinajstić information content (AvgIpc) is 3.36. The first-order chi connectivity index (χ1) is 24.1. The third-order valence-corrected chi connectivity index (χ3v) is 11.4. The quantitative estimate of drug-likeness (QED) is 0.0608. The lowest BCUT2D eigenvalue weighted by Gasteiger charge is -2.37. The number of carboxylic acids is 1. The summed E-state index contributed by atoms with van der Waals surface area (Å²) in [5.74, 6) is -3.84. The van der Waals surface area contributed by atoms with Crippen molar-refractivity contribution >= 4 is 23.7 Å². The number of carbonyl (C=O) groups excluding carboxylic acids is 4. The normalized spacial score (nSPS) is 20.6. The fourth-order valence-electron chi connectivity index (χ4n) is 9.57. The molecule has 0 spiro atoms. The number of rotatable bonds is 27. The van der Waals surface area contributed by atoms with E-state index in [0.29, 0.717) is 32.1 Å². The molecular weight excluding hydrogens is 652 g/mol. The van der Waals surface area contributed by atoms with Gasteiger partial charge in [0.1, 0.15) is 0 Å². The van der Waals surface area contributed by atoms with Gasteiger partial charge in [0, 0.05) is 48.1 Å². The number of carbonyl (C=O) groups is 4. The number of nitrogens with two attached hydrogens (primary N) is 1. The summed E-state index contributed by atoms with van der Waals surface area (Å²) in [6.07, 6.45) is 16.8. The van der Waals surface area contributed by atoms with Crippen LogP contribution in [0.25, 0.3) is 0 Å². The lowest BCUT2D eigenvalue weighted by Crippen LogP contribution is -2.49. The number of aliphatic carboxylic acids is 1. The Kier molecular flexibility index (Phi) is 21.1. The zero-order chi connectivity index (χ0) is 39.7. The minimum atomic E-state index is -1.19. The van der Waals surface area contributed by atoms with Gasteiger partial charge in [0.05, 0.1) is 27.2 Å². The molecule has 9 heteroatoms. The Hall–Kier alpha value is -2.16. The van der Waals surface area contributed by atoms with E-state index >= 15 is 0 Å². The summed E-state index contributed by atoms with van der Waals surface area (Å²) in [6, 6.07) is -0.196. The molecule has 4 N–H and O–H groups in total. The van der Waals surface area contributed by atoms with Crippen LogP contribution in [0.3, 0.4) is 0 Å². The molecule has 0 bridgehead atoms. The third-order valence-electron chi connectivity index (χ3n) is 11.4. The molecule has 304 valence electrons. The van der Waals surface area contributed by atoms with E-state index < -0.39 is 29.3 Å². The lowest BCUT2D eigenvalue weighted by atomic mass is 9.74. The Labute approximate surface area is 319 Å². The van der Waals surface area contributed by atoms with Crippen molar-refractivity contribution in [2.75, 3.05) is 27.2 Å². The van der Waals surface area contributed by atoms with Gasteiger partial charge < -0.3 is 30.8 Å². The molecule has 7 atom stereocenters. The van der Waals surface area contributed by atoms with Gasteiger partial charge in [0.2, 0.25) is 17.7 Å². The molecule has 1 fully saturated rings. The second-order valence-corrected chi connectivity index (χ2v) is 19.4. The van der Waals surface area contributed by atoms with E-state index in [0.717, 1.165) is 24.0 Å². The first kappa shape index (κ1) is 47.9. The van der Waals surface area contributed by atoms with Crippen LogP contribution in [0.5, 0.6) is 0 Å². The maximum absolute atomic E-state index is 14.3. The predicted octanol–water partition coefficient (Wildman–Crippen LogP) is 7.15. The molecule has 1 rings (SSSR count). The molecule has 9 nitrogen and oxygen atoms in total. The summed E-state index contributed by atoms with van der Waals surface area (Å²) < 4.78 is 0.900. The molecule has 0 aromatic carbocycles. The van der Waals surface area contributed by atoms with E-state index in [1.807, 2.05) is 6.92 Å². The van der Waals surface area contributed by atoms with Crippen molar-refractivity contribution in [1.82, 2.24) is 10.6 Å². The Morgan fingerprint density at radius 3 is 1.88 bits per heavy atom. The number of hydrogen-bond acceptors (Lipinski definition) is 5. The fourth-order valence-corrected chi connectivity index (χ4v) is 9.57. The van der Waals surface area contributed by atoms with Gasteiger partial charge in [-0.25, -0.2) is 0 Å². The van der Waals surface area contributed by atoms with E-state index in [1.165, 1.54) is 71.1 Å². The first-order valence-corrected chi connectivity index (χ1v) is 21.0. The van der Waals surface area contributed by atoms with Crippen LogP contribution in [0.2, 0.25) is 0 Å². The third kappa shape index (κ3) is 19.8. The molecule has 0 aromatic rings. The Morgan fingerprint density at radius 1 is 0.846 bits per heavy atom. The first-order valence-electron chi connectivity index (χ1n) is 21.0. The number of primary amides is 1. The number of quaternary nitrogens is 1. The van der Waals surface area contributed by atoms with Gasteiger partial charge in [0.15, 0.2) is 0 Å². The maximum atomic E-state index is 14.3. The molecule has 1 aliphatic carbocycles. The van der Waals surface area contributed by atoms with Gasteiger partial charge in [-0.3, -0.25) is 14.4 Å². The second kappa shape index (κ2) is 22.9. The summed E-state index contributed by atoms with van der Waals surface area (Å²) in [5.41, 5.74) is 5.27. The summed E-state index contributed by atoms with van der Waals surface area (Å²) in [6.45, 7) is 20.6. The van der Waals surface area contributed by atoms with E-state index in [1.54, 1.807) is 0 Å². The molecule has 52 heavy (non-hydrogen) atoms. The highest BCUT2D eigenvalue weighted by molar-refractivity contribution is 5.79. The molecule has 3 amide bonds. The highest BCUT2D eigenvalue weighted by Gasteiger charge is 2.43. The van der Waals surface area contributed by atoms with Crippen molar-refractivity contribution in [3.8, 4) is 0 Å². The van der Waals surface area contributed by atoms with Crippen molar-refractivity contribution in [2.24, 2.45) is 46.7 Å². The summed E-state index contributed by atoms with van der Waals surface area (Å²) in [4.78, 5) is 51.3. The Balaban J connectivity index is 3.16. The molecule has 0 aliphatic heterocycles. The molecular formula is C43H82N4O5. The van der Waals surface area contributed by atoms with Crippen molar-refractivity contribution in [1.29, 1.82) is 0 Å². The summed E-state index contributed by atoms with van der Waals surface area (Å²) in [7, 11) is 4.59. The molecule has 0 heterocycles. The molecule has 1 saturated carbocycles. The van der Waals surface area contributed by atoms with Gasteiger partial charge >= 0.3 is 0 Å². The Bertz CT molecular complexity index is 1080. The maximum Gasteiger partial charge on any atom is 0.223 e. The molecule has 1 aliphatic rings. The number of unbranched alkanes of at least 4 members (excludes halogenated alkanes) is 9. The van der Waals surface area contributed by atoms with Crippen LogP contribution in [-0.2, 0) is 19.2 Å². The van der Waals surface area contributed by atoms with Gasteiger partial charge in [-0.2, -0.15) is 0 Å². The second-order valence-electron chi connectivity index (χ2n) is 19.4. The smallest absolute Gasteiger partial charge is 0.223 e. The van der Waals surface area contributed by atoms with Crippen molar-refractivity contribution in [3.63, 3.8) is 0 Å². The number of hydrogen-bond donors (Lipinski definition) is 3. The topological polar surface area (TPSA) is 141 Å². The lowest BCUT2D eigenvalue weighted by molar-refractivity contribution is -0.893. The van der Waals surface area contributed by atoms with Crippen LogP contribution in [-0.4, -0.2) is 66.9 Å². The number of carboxylic acid groups (broad SMARTS) is 1. The molecule has 7 unspecified atom stereocenters. The van der Waals surface area contributed by atoms with Gasteiger partial charge in [0.25, 0.3) is 0 Å². The number of nitrogens with zero attached hydrogens (tertiary/aromatic N) is 1. The van der Waals surface area contributed by atoms with E-state index in [2.05, 4.69) is 73.2 Å². The largest absolute Gasteiger partial charge is 0.550 e. The van der Waals surface area contributed by atoms with E-state index in [-0.39, 0.29) is 53.4 Å². The summed E-state index contributed by atoms with van der Waals surface area (Å²) in [5, 5.41) is 19.1. The van der Waals surface area contributed by atoms with Crippen LogP contribution in [0.4, 0.5) is 0 Å². The van der Waals surface area contributed by atoms with Gasteiger partial charge in [-0.1, -0.05) is 92.9 Å². The monoisotopic (exact) mass is 735 g/mol. The molecule has 0 aromatic heterocycles. The zero-order valence-corrected chi connectivity index (χ0v) is 35.5.